The van der Waals surface area contributed by atoms with E-state index in [9.17, 15) is 9.59 Å². The maximum atomic E-state index is 11.4. The third kappa shape index (κ3) is 2.69. The van der Waals surface area contributed by atoms with Crippen molar-refractivity contribution < 1.29 is 14.3 Å². The number of halogens is 2. The van der Waals surface area contributed by atoms with Gasteiger partial charge in [0, 0.05) is 9.13 Å². The number of hydrogen-bond acceptors (Lipinski definition) is 3. The third-order valence-electron chi connectivity index (χ3n) is 1.87. The Morgan fingerprint density at radius 3 is 2.73 bits per heavy atom. The number of methoxy groups -OCH3 is 1. The van der Waals surface area contributed by atoms with E-state index in [1.165, 1.54) is 13.2 Å². The zero-order chi connectivity index (χ0) is 11.4. The number of aldehydes is 1. The van der Waals surface area contributed by atoms with Gasteiger partial charge in [0.05, 0.1) is 18.6 Å². The minimum absolute atomic E-state index is 0.104. The molecule has 80 valence electrons. The van der Waals surface area contributed by atoms with Gasteiger partial charge in [0.2, 0.25) is 0 Å². The number of carbonyl (C=O) groups excluding carboxylic acids is 2. The van der Waals surface area contributed by atoms with Crippen LogP contribution in [0.4, 0.5) is 0 Å². The summed E-state index contributed by atoms with van der Waals surface area (Å²) in [6.45, 7) is 0. The van der Waals surface area contributed by atoms with Crippen LogP contribution in [-0.2, 0) is 0 Å². The molecule has 0 spiro atoms. The van der Waals surface area contributed by atoms with Crippen molar-refractivity contribution in [2.75, 3.05) is 13.0 Å². The van der Waals surface area contributed by atoms with Crippen LogP contribution in [0.5, 0.6) is 5.75 Å². The summed E-state index contributed by atoms with van der Waals surface area (Å²) >= 11 is 7.45. The summed E-state index contributed by atoms with van der Waals surface area (Å²) in [5, 5.41) is 0. The predicted molar refractivity (Wildman–Crippen MR) is 66.1 cm³/mol. The highest BCUT2D eigenvalue weighted by molar-refractivity contribution is 14.1. The van der Waals surface area contributed by atoms with Crippen molar-refractivity contribution in [1.29, 1.82) is 0 Å². The first-order valence-electron chi connectivity index (χ1n) is 4.06. The quantitative estimate of drug-likeness (QED) is 0.367. The van der Waals surface area contributed by atoms with Gasteiger partial charge >= 0.3 is 0 Å². The Morgan fingerprint density at radius 1 is 1.60 bits per heavy atom. The Morgan fingerprint density at radius 2 is 2.27 bits per heavy atom. The topological polar surface area (TPSA) is 43.4 Å². The molecule has 0 N–H and O–H groups in total. The van der Waals surface area contributed by atoms with Crippen molar-refractivity contribution in [2.45, 2.75) is 0 Å². The molecule has 5 heteroatoms. The summed E-state index contributed by atoms with van der Waals surface area (Å²) in [5.41, 5.74) is 0.904. The molecular weight excluding hydrogens is 330 g/mol. The fourth-order valence-electron chi connectivity index (χ4n) is 1.12. The Bertz CT molecular complexity index is 404. The smallest absolute Gasteiger partial charge is 0.181 e. The van der Waals surface area contributed by atoms with Gasteiger partial charge in [0.1, 0.15) is 5.75 Å². The summed E-state index contributed by atoms with van der Waals surface area (Å²) in [6.07, 6.45) is 0.721. The van der Waals surface area contributed by atoms with E-state index >= 15 is 0 Å². The van der Waals surface area contributed by atoms with Gasteiger partial charge in [0.15, 0.2) is 12.1 Å². The maximum absolute atomic E-state index is 11.4. The van der Waals surface area contributed by atoms with Gasteiger partial charge in [-0.2, -0.15) is 0 Å². The summed E-state index contributed by atoms with van der Waals surface area (Å²) in [7, 11) is 1.45. The molecule has 0 amide bonds. The Labute approximate surface area is 106 Å². The van der Waals surface area contributed by atoms with Crippen LogP contribution >= 0.6 is 34.2 Å². The molecule has 0 heterocycles. The highest BCUT2D eigenvalue weighted by Gasteiger charge is 2.14. The summed E-state index contributed by atoms with van der Waals surface area (Å²) in [4.78, 5) is 22.1. The van der Waals surface area contributed by atoms with Crippen LogP contribution in [0.25, 0.3) is 0 Å². The Hall–Kier alpha value is -0.620. The number of rotatable bonds is 4. The van der Waals surface area contributed by atoms with Gasteiger partial charge in [-0.25, -0.2) is 0 Å². The minimum Gasteiger partial charge on any atom is -0.496 e. The molecule has 1 aromatic rings. The number of hydrogen-bond donors (Lipinski definition) is 0. The lowest BCUT2D eigenvalue weighted by atomic mass is 10.1. The molecule has 15 heavy (non-hydrogen) atoms. The van der Waals surface area contributed by atoms with Crippen molar-refractivity contribution in [3.05, 3.63) is 26.8 Å². The second-order valence-electron chi connectivity index (χ2n) is 2.75. The van der Waals surface area contributed by atoms with E-state index in [1.807, 2.05) is 22.6 Å². The Kier molecular flexibility index (Phi) is 4.53. The van der Waals surface area contributed by atoms with Gasteiger partial charge in [-0.1, -0.05) is 0 Å². The van der Waals surface area contributed by atoms with Crippen molar-refractivity contribution in [1.82, 2.24) is 0 Å². The Balaban J connectivity index is 3.33. The molecular formula is C10H8ClIO3. The molecule has 0 saturated carbocycles. The van der Waals surface area contributed by atoms with Gasteiger partial charge in [-0.05, 0) is 34.7 Å². The number of ether oxygens (including phenoxy) is 1. The third-order valence-corrected chi connectivity index (χ3v) is 3.04. The van der Waals surface area contributed by atoms with Crippen LogP contribution in [0.2, 0.25) is 0 Å². The van der Waals surface area contributed by atoms with E-state index < -0.39 is 0 Å². The number of carbonyl (C=O) groups is 2. The van der Waals surface area contributed by atoms with Gasteiger partial charge in [-0.3, -0.25) is 9.59 Å². The van der Waals surface area contributed by atoms with Crippen LogP contribution in [0, 0.1) is 3.57 Å². The number of ketones is 1. The molecule has 0 saturated heterocycles. The molecule has 0 bridgehead atoms. The number of benzene rings is 1. The standard InChI is InChI=1S/C10H8ClIO3/c1-15-10-2-6(5-13)8(12)3-7(10)9(14)4-11/h2-3,5H,4H2,1H3. The normalized spacial score (nSPS) is 9.80. The molecule has 0 aliphatic rings. The lowest BCUT2D eigenvalue weighted by molar-refractivity contribution is 0.101. The molecule has 0 aromatic heterocycles. The van der Waals surface area contributed by atoms with E-state index in [0.29, 0.717) is 20.4 Å². The molecule has 1 aromatic carbocycles. The van der Waals surface area contributed by atoms with E-state index in [1.54, 1.807) is 6.07 Å². The molecule has 1 rings (SSSR count). The largest absolute Gasteiger partial charge is 0.496 e. The zero-order valence-corrected chi connectivity index (χ0v) is 10.8. The molecule has 0 aliphatic carbocycles. The summed E-state index contributed by atoms with van der Waals surface area (Å²) in [6, 6.07) is 3.14. The van der Waals surface area contributed by atoms with Gasteiger partial charge in [0.25, 0.3) is 0 Å². The molecule has 0 aliphatic heterocycles. The average Bonchev–Trinajstić information content (AvgIpc) is 2.27. The first-order chi connectivity index (χ1) is 7.13. The molecule has 3 nitrogen and oxygen atoms in total. The van der Waals surface area contributed by atoms with E-state index in [-0.39, 0.29) is 11.7 Å². The highest BCUT2D eigenvalue weighted by atomic mass is 127. The molecule has 0 unspecified atom stereocenters. The van der Waals surface area contributed by atoms with Crippen LogP contribution in [-0.4, -0.2) is 25.1 Å². The van der Waals surface area contributed by atoms with Crippen molar-refractivity contribution in [3.8, 4) is 5.75 Å². The SMILES string of the molecule is COc1cc(C=O)c(I)cc1C(=O)CCl. The summed E-state index contributed by atoms with van der Waals surface area (Å²) in [5.74, 6) is 0.0550. The predicted octanol–water partition coefficient (Wildman–Crippen LogP) is 2.53. The first kappa shape index (κ1) is 12.4. The van der Waals surface area contributed by atoms with E-state index in [2.05, 4.69) is 0 Å². The van der Waals surface area contributed by atoms with Crippen LogP contribution in [0.15, 0.2) is 12.1 Å². The van der Waals surface area contributed by atoms with Gasteiger partial charge in [-0.15, -0.1) is 11.6 Å². The second-order valence-corrected chi connectivity index (χ2v) is 4.18. The van der Waals surface area contributed by atoms with Crippen LogP contribution < -0.4 is 4.74 Å². The molecule has 0 fully saturated rings. The molecule has 0 atom stereocenters. The fraction of sp³-hybridized carbons (Fsp3) is 0.200. The van der Waals surface area contributed by atoms with Gasteiger partial charge < -0.3 is 4.74 Å². The van der Waals surface area contributed by atoms with Crippen LogP contribution in [0.3, 0.4) is 0 Å². The maximum Gasteiger partial charge on any atom is 0.181 e. The lowest BCUT2D eigenvalue weighted by Crippen LogP contribution is -2.05. The van der Waals surface area contributed by atoms with E-state index in [0.717, 1.165) is 6.29 Å². The minimum atomic E-state index is -0.219. The summed E-state index contributed by atoms with van der Waals surface area (Å²) < 4.78 is 5.73. The number of Topliss-reactive ketones (excluding diaryl/α,β-unsaturated/α-hetero) is 1. The first-order valence-corrected chi connectivity index (χ1v) is 5.67. The van der Waals surface area contributed by atoms with Crippen molar-refractivity contribution >= 4 is 46.3 Å². The second kappa shape index (κ2) is 5.46. The highest BCUT2D eigenvalue weighted by Crippen LogP contribution is 2.24. The average molecular weight is 339 g/mol. The van der Waals surface area contributed by atoms with Crippen molar-refractivity contribution in [3.63, 3.8) is 0 Å². The van der Waals surface area contributed by atoms with Crippen LogP contribution in [0.1, 0.15) is 20.7 Å². The lowest BCUT2D eigenvalue weighted by Gasteiger charge is -2.08. The zero-order valence-electron chi connectivity index (χ0n) is 7.92. The molecule has 0 radical (unpaired) electrons. The fourth-order valence-corrected chi connectivity index (χ4v) is 1.86. The number of alkyl halides is 1. The van der Waals surface area contributed by atoms with Crippen molar-refractivity contribution in [2.24, 2.45) is 0 Å². The van der Waals surface area contributed by atoms with E-state index in [4.69, 9.17) is 16.3 Å². The monoisotopic (exact) mass is 338 g/mol.